The van der Waals surface area contributed by atoms with Gasteiger partial charge < -0.3 is 20.7 Å². The van der Waals surface area contributed by atoms with Crippen molar-refractivity contribution < 1.29 is 19.1 Å². The van der Waals surface area contributed by atoms with Crippen LogP contribution in [0, 0.1) is 6.92 Å². The van der Waals surface area contributed by atoms with Gasteiger partial charge in [-0.2, -0.15) is 0 Å². The van der Waals surface area contributed by atoms with Crippen molar-refractivity contribution in [2.45, 2.75) is 25.9 Å². The van der Waals surface area contributed by atoms with Gasteiger partial charge in [-0.05, 0) is 67.8 Å². The van der Waals surface area contributed by atoms with Crippen LogP contribution in [0.1, 0.15) is 50.8 Å². The number of hydrogen-bond acceptors (Lipinski definition) is 5. The zero-order chi connectivity index (χ0) is 25.8. The third-order valence-electron chi connectivity index (χ3n) is 6.01. The van der Waals surface area contributed by atoms with Gasteiger partial charge in [0.1, 0.15) is 6.10 Å². The second kappa shape index (κ2) is 11.1. The number of halogens is 2. The van der Waals surface area contributed by atoms with Crippen LogP contribution in [0.5, 0.6) is 0 Å². The molecule has 9 heteroatoms. The minimum absolute atomic E-state index is 0.236. The second-order valence-electron chi connectivity index (χ2n) is 8.45. The van der Waals surface area contributed by atoms with E-state index in [0.717, 1.165) is 5.56 Å². The van der Waals surface area contributed by atoms with Gasteiger partial charge >= 0.3 is 5.97 Å². The number of carbonyl (C=O) groups excluding carboxylic acids is 3. The van der Waals surface area contributed by atoms with Crippen LogP contribution >= 0.6 is 23.2 Å². The van der Waals surface area contributed by atoms with E-state index in [4.69, 9.17) is 33.7 Å². The summed E-state index contributed by atoms with van der Waals surface area (Å²) in [5.74, 6) is -1.09. The number of esters is 1. The normalized spacial score (nSPS) is 15.0. The largest absolute Gasteiger partial charge is 0.456 e. The number of rotatable bonds is 5. The number of nitrogens with zero attached hydrogens (tertiary/aromatic N) is 1. The lowest BCUT2D eigenvalue weighted by atomic mass is 10.0. The summed E-state index contributed by atoms with van der Waals surface area (Å²) in [5, 5.41) is 3.51. The van der Waals surface area contributed by atoms with Gasteiger partial charge in [-0.1, -0.05) is 41.4 Å². The van der Waals surface area contributed by atoms with Crippen molar-refractivity contribution >= 4 is 52.4 Å². The summed E-state index contributed by atoms with van der Waals surface area (Å²) in [6.45, 7) is 2.03. The van der Waals surface area contributed by atoms with E-state index in [1.165, 1.54) is 6.07 Å². The molecule has 1 unspecified atom stereocenters. The predicted molar refractivity (Wildman–Crippen MR) is 141 cm³/mol. The summed E-state index contributed by atoms with van der Waals surface area (Å²) in [6.07, 6.45) is 0.557. The summed E-state index contributed by atoms with van der Waals surface area (Å²) in [5.41, 5.74) is 8.80. The van der Waals surface area contributed by atoms with Crippen LogP contribution in [0.4, 0.5) is 11.4 Å². The number of carbonyl (C=O) groups is 3. The maximum Gasteiger partial charge on any atom is 0.320 e. The summed E-state index contributed by atoms with van der Waals surface area (Å²) in [6, 6.07) is 17.1. The Bertz CT molecular complexity index is 1330. The molecule has 0 saturated heterocycles. The molecule has 0 saturated carbocycles. The van der Waals surface area contributed by atoms with Gasteiger partial charge in [-0.15, -0.1) is 0 Å². The average molecular weight is 526 g/mol. The highest BCUT2D eigenvalue weighted by atomic mass is 35.5. The van der Waals surface area contributed by atoms with Crippen molar-refractivity contribution in [3.05, 3.63) is 93.0 Å². The first kappa shape index (κ1) is 25.7. The highest BCUT2D eigenvalue weighted by Gasteiger charge is 2.29. The topological polar surface area (TPSA) is 102 Å². The third kappa shape index (κ3) is 5.54. The first-order valence-electron chi connectivity index (χ1n) is 11.5. The number of nitrogens with two attached hydrogens (primary N) is 1. The van der Waals surface area contributed by atoms with Crippen LogP contribution in [-0.4, -0.2) is 30.9 Å². The maximum absolute atomic E-state index is 13.6. The van der Waals surface area contributed by atoms with Crippen molar-refractivity contribution in [2.75, 3.05) is 23.3 Å². The van der Waals surface area contributed by atoms with Crippen molar-refractivity contribution in [1.29, 1.82) is 0 Å². The van der Waals surface area contributed by atoms with Crippen molar-refractivity contribution in [2.24, 2.45) is 5.73 Å². The van der Waals surface area contributed by atoms with Gasteiger partial charge in [0.15, 0.2) is 0 Å². The van der Waals surface area contributed by atoms with E-state index in [2.05, 4.69) is 5.32 Å². The molecule has 1 heterocycles. The van der Waals surface area contributed by atoms with Gasteiger partial charge in [0.05, 0.1) is 22.9 Å². The van der Waals surface area contributed by atoms with Crippen LogP contribution in [0.2, 0.25) is 10.0 Å². The number of hydrogen-bond donors (Lipinski definition) is 2. The van der Waals surface area contributed by atoms with Crippen LogP contribution in [-0.2, 0) is 9.53 Å². The Morgan fingerprint density at radius 2 is 1.86 bits per heavy atom. The fourth-order valence-corrected chi connectivity index (χ4v) is 4.61. The number of amides is 2. The first-order chi connectivity index (χ1) is 17.3. The Balaban J connectivity index is 1.60. The van der Waals surface area contributed by atoms with Gasteiger partial charge in [-0.25, -0.2) is 0 Å². The summed E-state index contributed by atoms with van der Waals surface area (Å²) in [4.78, 5) is 39.7. The van der Waals surface area contributed by atoms with Crippen molar-refractivity contribution in [3.8, 4) is 0 Å². The fourth-order valence-electron chi connectivity index (χ4n) is 4.20. The number of benzene rings is 3. The molecule has 2 amide bonds. The van der Waals surface area contributed by atoms with E-state index in [9.17, 15) is 14.4 Å². The van der Waals surface area contributed by atoms with Gasteiger partial charge in [0.25, 0.3) is 11.8 Å². The molecule has 0 aromatic heterocycles. The van der Waals surface area contributed by atoms with Crippen LogP contribution in [0.15, 0.2) is 60.7 Å². The second-order valence-corrected chi connectivity index (χ2v) is 9.29. The molecule has 36 heavy (non-hydrogen) atoms. The molecule has 3 aromatic rings. The molecule has 3 N–H and O–H groups in total. The molecular formula is C27H25Cl2N3O4. The molecule has 1 aliphatic rings. The molecule has 0 fully saturated rings. The van der Waals surface area contributed by atoms with Crippen LogP contribution in [0.25, 0.3) is 0 Å². The zero-order valence-corrected chi connectivity index (χ0v) is 21.1. The quantitative estimate of drug-likeness (QED) is 0.426. The Morgan fingerprint density at radius 3 is 2.58 bits per heavy atom. The molecule has 0 radical (unpaired) electrons. The minimum atomic E-state index is -0.560. The standard InChI is InChI=1S/C27H25Cl2N3O4/c1-16-5-2-3-6-19(16)26(34)31-22-10-8-17(13-21(22)29)27(35)32-12-4-7-24(36-25(33)15-30)20-14-18(28)9-11-23(20)32/h2-3,5-6,8-11,13-14,24H,4,7,12,15,30H2,1H3,(H,31,34). The molecule has 7 nitrogen and oxygen atoms in total. The van der Waals surface area contributed by atoms with Gasteiger partial charge in [-0.3, -0.25) is 14.4 Å². The number of ether oxygens (including phenoxy) is 1. The zero-order valence-electron chi connectivity index (χ0n) is 19.6. The minimum Gasteiger partial charge on any atom is -0.456 e. The molecule has 1 atom stereocenters. The number of nitrogens with one attached hydrogen (secondary N) is 1. The summed E-state index contributed by atoms with van der Waals surface area (Å²) < 4.78 is 5.53. The SMILES string of the molecule is Cc1ccccc1C(=O)Nc1ccc(C(=O)N2CCCC(OC(=O)CN)c3cc(Cl)ccc32)cc1Cl. The lowest BCUT2D eigenvalue weighted by molar-refractivity contribution is -0.148. The van der Waals surface area contributed by atoms with E-state index >= 15 is 0 Å². The third-order valence-corrected chi connectivity index (χ3v) is 6.56. The molecule has 0 bridgehead atoms. The molecule has 186 valence electrons. The van der Waals surface area contributed by atoms with E-state index in [1.54, 1.807) is 47.4 Å². The number of anilines is 2. The molecule has 1 aliphatic heterocycles. The number of aryl methyl sites for hydroxylation is 1. The van der Waals surface area contributed by atoms with Crippen LogP contribution in [0.3, 0.4) is 0 Å². The maximum atomic E-state index is 13.6. The molecule has 3 aromatic carbocycles. The molecule has 4 rings (SSSR count). The monoisotopic (exact) mass is 525 g/mol. The lowest BCUT2D eigenvalue weighted by Crippen LogP contribution is -2.31. The summed E-state index contributed by atoms with van der Waals surface area (Å²) in [7, 11) is 0. The molecule has 0 aliphatic carbocycles. The smallest absolute Gasteiger partial charge is 0.320 e. The summed E-state index contributed by atoms with van der Waals surface area (Å²) >= 11 is 12.7. The Hall–Kier alpha value is -3.39. The van der Waals surface area contributed by atoms with Crippen molar-refractivity contribution in [3.63, 3.8) is 0 Å². The van der Waals surface area contributed by atoms with Gasteiger partial charge in [0, 0.05) is 28.3 Å². The Morgan fingerprint density at radius 1 is 1.08 bits per heavy atom. The first-order valence-corrected chi connectivity index (χ1v) is 12.2. The lowest BCUT2D eigenvalue weighted by Gasteiger charge is -2.24. The van der Waals surface area contributed by atoms with E-state index in [1.807, 2.05) is 19.1 Å². The Labute approximate surface area is 219 Å². The van der Waals surface area contributed by atoms with E-state index in [0.29, 0.717) is 52.5 Å². The average Bonchev–Trinajstić information content (AvgIpc) is 3.04. The van der Waals surface area contributed by atoms with Gasteiger partial charge in [0.2, 0.25) is 0 Å². The van der Waals surface area contributed by atoms with E-state index < -0.39 is 12.1 Å². The highest BCUT2D eigenvalue weighted by molar-refractivity contribution is 6.34. The fraction of sp³-hybridized carbons (Fsp3) is 0.222. The predicted octanol–water partition coefficient (Wildman–Crippen LogP) is 5.54. The van der Waals surface area contributed by atoms with Crippen molar-refractivity contribution in [1.82, 2.24) is 0 Å². The highest BCUT2D eigenvalue weighted by Crippen LogP contribution is 2.38. The molecular weight excluding hydrogens is 501 g/mol. The Kier molecular flexibility index (Phi) is 7.94. The van der Waals surface area contributed by atoms with E-state index in [-0.39, 0.29) is 23.4 Å². The molecule has 0 spiro atoms. The van der Waals surface area contributed by atoms with Crippen LogP contribution < -0.4 is 16.0 Å². The number of fused-ring (bicyclic) bond motifs is 1.